The molecule has 1 N–H and O–H groups in total. The lowest BCUT2D eigenvalue weighted by molar-refractivity contribution is -0.124. The molecule has 0 spiro atoms. The van der Waals surface area contributed by atoms with Gasteiger partial charge in [-0.3, -0.25) is 4.79 Å². The monoisotopic (exact) mass is 454 g/mol. The highest BCUT2D eigenvalue weighted by molar-refractivity contribution is 7.89. The minimum Gasteiger partial charge on any atom is -0.493 e. The van der Waals surface area contributed by atoms with Gasteiger partial charge >= 0.3 is 0 Å². The summed E-state index contributed by atoms with van der Waals surface area (Å²) in [6, 6.07) is 6.28. The minimum atomic E-state index is -4.33. The predicted octanol–water partition coefficient (Wildman–Crippen LogP) is 2.84. The molecule has 3 rings (SSSR count). The maximum Gasteiger partial charge on any atom is 0.244 e. The zero-order chi connectivity index (χ0) is 22.6. The van der Waals surface area contributed by atoms with Crippen molar-refractivity contribution in [3.05, 3.63) is 53.6 Å². The zero-order valence-corrected chi connectivity index (χ0v) is 18.0. The third-order valence-electron chi connectivity index (χ3n) is 5.14. The number of methoxy groups -OCH3 is 2. The molecule has 2 aromatic carbocycles. The van der Waals surface area contributed by atoms with E-state index in [1.807, 2.05) is 0 Å². The fourth-order valence-electron chi connectivity index (χ4n) is 3.49. The molecule has 0 aliphatic carbocycles. The van der Waals surface area contributed by atoms with Crippen molar-refractivity contribution in [2.45, 2.75) is 36.7 Å². The van der Waals surface area contributed by atoms with Crippen LogP contribution in [0.25, 0.3) is 0 Å². The average molecular weight is 454 g/mol. The molecule has 1 unspecified atom stereocenters. The van der Waals surface area contributed by atoms with Gasteiger partial charge in [-0.15, -0.1) is 0 Å². The van der Waals surface area contributed by atoms with E-state index in [9.17, 15) is 22.0 Å². The number of nitrogens with zero attached hydrogens (tertiary/aromatic N) is 1. The van der Waals surface area contributed by atoms with Crippen molar-refractivity contribution in [1.82, 2.24) is 9.62 Å². The normalized spacial score (nSPS) is 17.2. The molecule has 168 valence electrons. The van der Waals surface area contributed by atoms with Crippen molar-refractivity contribution in [3.63, 3.8) is 0 Å². The Labute approximate surface area is 180 Å². The second kappa shape index (κ2) is 9.61. The molecule has 1 atom stereocenters. The number of amides is 1. The van der Waals surface area contributed by atoms with Gasteiger partial charge in [0.25, 0.3) is 0 Å². The van der Waals surface area contributed by atoms with Crippen LogP contribution in [0, 0.1) is 11.6 Å². The minimum absolute atomic E-state index is 0.167. The summed E-state index contributed by atoms with van der Waals surface area (Å²) in [6.07, 6.45) is 1.67. The van der Waals surface area contributed by atoms with Crippen molar-refractivity contribution in [2.24, 2.45) is 0 Å². The van der Waals surface area contributed by atoms with Crippen LogP contribution in [0.3, 0.4) is 0 Å². The topological polar surface area (TPSA) is 84.9 Å². The van der Waals surface area contributed by atoms with Crippen molar-refractivity contribution in [2.75, 3.05) is 20.8 Å². The first-order valence-electron chi connectivity index (χ1n) is 9.73. The first kappa shape index (κ1) is 23.0. The Morgan fingerprint density at radius 3 is 2.45 bits per heavy atom. The largest absolute Gasteiger partial charge is 0.493 e. The Kier molecular flexibility index (Phi) is 7.11. The van der Waals surface area contributed by atoms with E-state index in [1.54, 1.807) is 18.2 Å². The summed E-state index contributed by atoms with van der Waals surface area (Å²) < 4.78 is 65.6. The maximum atomic E-state index is 13.8. The Morgan fingerprint density at radius 2 is 1.77 bits per heavy atom. The molecule has 1 saturated heterocycles. The summed E-state index contributed by atoms with van der Waals surface area (Å²) >= 11 is 0. The van der Waals surface area contributed by atoms with Gasteiger partial charge in [-0.2, -0.15) is 4.31 Å². The molecule has 1 aliphatic heterocycles. The number of nitrogens with one attached hydrogen (secondary N) is 1. The molecule has 1 amide bonds. The molecule has 7 nitrogen and oxygen atoms in total. The number of sulfonamides is 1. The second-order valence-corrected chi connectivity index (χ2v) is 9.01. The molecule has 1 aliphatic rings. The number of ether oxygens (including phenoxy) is 2. The predicted molar refractivity (Wildman–Crippen MR) is 109 cm³/mol. The highest BCUT2D eigenvalue weighted by Gasteiger charge is 2.37. The van der Waals surface area contributed by atoms with E-state index < -0.39 is 38.5 Å². The van der Waals surface area contributed by atoms with E-state index >= 15 is 0 Å². The summed E-state index contributed by atoms with van der Waals surface area (Å²) in [4.78, 5) is 12.2. The summed E-state index contributed by atoms with van der Waals surface area (Å²) in [5.41, 5.74) is 0.542. The van der Waals surface area contributed by atoms with Gasteiger partial charge in [-0.25, -0.2) is 17.2 Å². The Hall–Kier alpha value is -2.72. The first-order chi connectivity index (χ1) is 14.8. The fourth-order valence-corrected chi connectivity index (χ4v) is 5.11. The van der Waals surface area contributed by atoms with Crippen molar-refractivity contribution in [1.29, 1.82) is 0 Å². The molecule has 10 heteroatoms. The van der Waals surface area contributed by atoms with Gasteiger partial charge in [-0.1, -0.05) is 6.07 Å². The Bertz CT molecular complexity index is 1060. The molecule has 1 heterocycles. The van der Waals surface area contributed by atoms with Crippen LogP contribution in [0.4, 0.5) is 8.78 Å². The lowest BCUT2D eigenvalue weighted by Crippen LogP contribution is -2.48. The van der Waals surface area contributed by atoms with Crippen molar-refractivity contribution in [3.8, 4) is 11.5 Å². The Balaban J connectivity index is 2.06. The smallest absolute Gasteiger partial charge is 0.244 e. The average Bonchev–Trinajstić information content (AvgIpc) is 2.97. The van der Waals surface area contributed by atoms with Crippen molar-refractivity contribution < 1.29 is 31.5 Å². The van der Waals surface area contributed by atoms with Crippen LogP contribution in [0.5, 0.6) is 11.5 Å². The second-order valence-electron chi connectivity index (χ2n) is 7.12. The summed E-state index contributed by atoms with van der Waals surface area (Å²) in [5.74, 6) is -2.00. The van der Waals surface area contributed by atoms with Gasteiger partial charge in [0.1, 0.15) is 6.04 Å². The maximum absolute atomic E-state index is 13.8. The summed E-state index contributed by atoms with van der Waals surface area (Å²) in [6.45, 7) is 0.282. The first-order valence-corrected chi connectivity index (χ1v) is 11.2. The van der Waals surface area contributed by atoms with Crippen LogP contribution in [0.15, 0.2) is 41.3 Å². The van der Waals surface area contributed by atoms with E-state index in [1.165, 1.54) is 14.2 Å². The van der Waals surface area contributed by atoms with Gasteiger partial charge in [0, 0.05) is 13.1 Å². The van der Waals surface area contributed by atoms with E-state index in [4.69, 9.17) is 9.47 Å². The molecule has 0 aromatic heterocycles. The molecule has 0 radical (unpaired) electrons. The summed E-state index contributed by atoms with van der Waals surface area (Å²) in [5, 5.41) is 2.72. The number of hydrogen-bond donors (Lipinski definition) is 1. The van der Waals surface area contributed by atoms with Gasteiger partial charge in [0.15, 0.2) is 23.1 Å². The van der Waals surface area contributed by atoms with E-state index in [2.05, 4.69) is 5.32 Å². The molecular weight excluding hydrogens is 430 g/mol. The van der Waals surface area contributed by atoms with Gasteiger partial charge in [-0.05, 0) is 55.2 Å². The van der Waals surface area contributed by atoms with Crippen LogP contribution in [-0.2, 0) is 21.4 Å². The van der Waals surface area contributed by atoms with Gasteiger partial charge in [0.05, 0.1) is 19.1 Å². The van der Waals surface area contributed by atoms with Gasteiger partial charge in [0.2, 0.25) is 15.9 Å². The lowest BCUT2D eigenvalue weighted by Gasteiger charge is -2.29. The van der Waals surface area contributed by atoms with Crippen LogP contribution >= 0.6 is 0 Å². The summed E-state index contributed by atoms with van der Waals surface area (Å²) in [7, 11) is -1.39. The van der Waals surface area contributed by atoms with E-state index in [-0.39, 0.29) is 6.54 Å². The molecule has 0 saturated carbocycles. The number of rotatable bonds is 7. The number of carbonyl (C=O) groups excluding carboxylic acids is 1. The third kappa shape index (κ3) is 4.96. The van der Waals surface area contributed by atoms with Crippen LogP contribution in [0.2, 0.25) is 0 Å². The van der Waals surface area contributed by atoms with Crippen LogP contribution in [0.1, 0.15) is 24.8 Å². The fraction of sp³-hybridized carbons (Fsp3) is 0.381. The number of benzene rings is 2. The third-order valence-corrected chi connectivity index (χ3v) is 6.99. The van der Waals surface area contributed by atoms with Gasteiger partial charge < -0.3 is 14.8 Å². The number of halogens is 2. The zero-order valence-electron chi connectivity index (χ0n) is 17.2. The van der Waals surface area contributed by atoms with Crippen molar-refractivity contribution >= 4 is 15.9 Å². The molecule has 31 heavy (non-hydrogen) atoms. The van der Waals surface area contributed by atoms with E-state index in [0.717, 1.165) is 22.9 Å². The molecule has 1 fully saturated rings. The SMILES string of the molecule is COc1ccc(CN(C2CCCCNC2=O)S(=O)(=O)c2ccc(F)c(F)c2)cc1OC. The number of hydrogen-bond acceptors (Lipinski definition) is 5. The molecule has 2 aromatic rings. The standard InChI is InChI=1S/C21H24F2N2O5S/c1-29-19-9-6-14(11-20(19)30-2)13-25(18-5-3-4-10-24-21(18)26)31(27,28)15-7-8-16(22)17(23)12-15/h6-9,11-12,18H,3-5,10,13H2,1-2H3,(H,24,26). The quantitative estimate of drug-likeness (QED) is 0.696. The number of carbonyl (C=O) groups is 1. The Morgan fingerprint density at radius 1 is 1.03 bits per heavy atom. The highest BCUT2D eigenvalue weighted by atomic mass is 32.2. The highest BCUT2D eigenvalue weighted by Crippen LogP contribution is 2.31. The molecular formula is C21H24F2N2O5S. The molecule has 0 bridgehead atoms. The van der Waals surface area contributed by atoms with Crippen LogP contribution < -0.4 is 14.8 Å². The van der Waals surface area contributed by atoms with Crippen LogP contribution in [-0.4, -0.2) is 45.4 Å². The lowest BCUT2D eigenvalue weighted by atomic mass is 10.1. The van der Waals surface area contributed by atoms with E-state index in [0.29, 0.717) is 42.5 Å².